The maximum Gasteiger partial charge on any atom is 0.392 e. The molecule has 1 aliphatic carbocycles. The minimum Gasteiger partial charge on any atom is -0.464 e. The van der Waals surface area contributed by atoms with E-state index >= 15 is 0 Å². The maximum absolute atomic E-state index is 12.9. The van der Waals surface area contributed by atoms with E-state index in [1.54, 1.807) is 6.92 Å². The molecule has 0 aliphatic heterocycles. The molecule has 0 spiro atoms. The summed E-state index contributed by atoms with van der Waals surface area (Å²) in [5.74, 6) is -4.08. The average Bonchev–Trinajstić information content (AvgIpc) is 2.37. The van der Waals surface area contributed by atoms with Gasteiger partial charge < -0.3 is 10.1 Å². The van der Waals surface area contributed by atoms with Crippen LogP contribution < -0.4 is 5.32 Å². The van der Waals surface area contributed by atoms with Gasteiger partial charge in [-0.25, -0.2) is 4.79 Å². The van der Waals surface area contributed by atoms with Crippen LogP contribution in [0.5, 0.6) is 0 Å². The molecule has 1 amide bonds. The SMILES string of the molecule is CCOC(=O)C(C)NC(=O)C1CCCCC1C(F)(F)F. The zero-order chi connectivity index (χ0) is 15.3. The molecule has 20 heavy (non-hydrogen) atoms. The second-order valence-electron chi connectivity index (χ2n) is 5.02. The summed E-state index contributed by atoms with van der Waals surface area (Å²) in [5, 5.41) is 2.32. The van der Waals surface area contributed by atoms with E-state index in [2.05, 4.69) is 5.32 Å². The molecule has 1 N–H and O–H groups in total. The molecule has 1 aliphatic rings. The number of halogens is 3. The van der Waals surface area contributed by atoms with E-state index in [-0.39, 0.29) is 19.4 Å². The lowest BCUT2D eigenvalue weighted by molar-refractivity contribution is -0.198. The van der Waals surface area contributed by atoms with Crippen molar-refractivity contribution in [3.05, 3.63) is 0 Å². The fourth-order valence-corrected chi connectivity index (χ4v) is 2.48. The first-order valence-corrected chi connectivity index (χ1v) is 6.81. The molecule has 1 fully saturated rings. The van der Waals surface area contributed by atoms with E-state index in [0.29, 0.717) is 12.8 Å². The first kappa shape index (κ1) is 16.8. The summed E-state index contributed by atoms with van der Waals surface area (Å²) in [4.78, 5) is 23.3. The van der Waals surface area contributed by atoms with E-state index in [4.69, 9.17) is 4.74 Å². The van der Waals surface area contributed by atoms with Crippen LogP contribution >= 0.6 is 0 Å². The minimum atomic E-state index is -4.38. The number of alkyl halides is 3. The second kappa shape index (κ2) is 6.95. The van der Waals surface area contributed by atoms with Crippen molar-refractivity contribution in [2.45, 2.75) is 51.7 Å². The molecular formula is C13H20F3NO3. The van der Waals surface area contributed by atoms with Gasteiger partial charge in [-0.05, 0) is 26.7 Å². The Morgan fingerprint density at radius 3 is 2.45 bits per heavy atom. The van der Waals surface area contributed by atoms with E-state index in [0.717, 1.165) is 0 Å². The maximum atomic E-state index is 12.9. The summed E-state index contributed by atoms with van der Waals surface area (Å²) in [7, 11) is 0. The average molecular weight is 295 g/mol. The lowest BCUT2D eigenvalue weighted by Gasteiger charge is -2.32. The molecule has 7 heteroatoms. The molecule has 116 valence electrons. The van der Waals surface area contributed by atoms with Crippen molar-refractivity contribution in [2.24, 2.45) is 11.8 Å². The summed E-state index contributed by atoms with van der Waals surface area (Å²) < 4.78 is 43.4. The molecule has 1 saturated carbocycles. The van der Waals surface area contributed by atoms with Gasteiger partial charge in [0, 0.05) is 5.92 Å². The van der Waals surface area contributed by atoms with Crippen LogP contribution in [-0.2, 0) is 14.3 Å². The van der Waals surface area contributed by atoms with Crippen LogP contribution in [0.15, 0.2) is 0 Å². The number of nitrogens with one attached hydrogen (secondary N) is 1. The summed E-state index contributed by atoms with van der Waals surface area (Å²) in [6.07, 6.45) is -3.14. The standard InChI is InChI=1S/C13H20F3NO3/c1-3-20-12(19)8(2)17-11(18)9-6-4-5-7-10(9)13(14,15)16/h8-10H,3-7H2,1-2H3,(H,17,18). The fourth-order valence-electron chi connectivity index (χ4n) is 2.48. The number of hydrogen-bond acceptors (Lipinski definition) is 3. The van der Waals surface area contributed by atoms with Crippen LogP contribution in [0.25, 0.3) is 0 Å². The lowest BCUT2D eigenvalue weighted by Crippen LogP contribution is -2.47. The molecule has 0 radical (unpaired) electrons. The molecule has 3 unspecified atom stereocenters. The minimum absolute atomic E-state index is 0.0324. The Bertz CT molecular complexity index is 357. The van der Waals surface area contributed by atoms with E-state index < -0.39 is 35.9 Å². The molecule has 3 atom stereocenters. The highest BCUT2D eigenvalue weighted by molar-refractivity contribution is 5.85. The van der Waals surface area contributed by atoms with Gasteiger partial charge in [-0.1, -0.05) is 12.8 Å². The van der Waals surface area contributed by atoms with Crippen LogP contribution in [-0.4, -0.2) is 30.7 Å². The Morgan fingerprint density at radius 2 is 1.90 bits per heavy atom. The van der Waals surface area contributed by atoms with Crippen molar-refractivity contribution < 1.29 is 27.5 Å². The van der Waals surface area contributed by atoms with Gasteiger partial charge in [0.2, 0.25) is 5.91 Å². The number of esters is 1. The molecule has 0 saturated heterocycles. The normalized spacial score (nSPS) is 24.9. The molecule has 0 aromatic rings. The predicted molar refractivity (Wildman–Crippen MR) is 65.7 cm³/mol. The largest absolute Gasteiger partial charge is 0.464 e. The zero-order valence-electron chi connectivity index (χ0n) is 11.6. The molecule has 0 aromatic carbocycles. The van der Waals surface area contributed by atoms with Gasteiger partial charge in [0.05, 0.1) is 12.5 Å². The fraction of sp³-hybridized carbons (Fsp3) is 0.846. The van der Waals surface area contributed by atoms with Crippen molar-refractivity contribution >= 4 is 11.9 Å². The van der Waals surface area contributed by atoms with Crippen molar-refractivity contribution in [3.63, 3.8) is 0 Å². The first-order valence-electron chi connectivity index (χ1n) is 6.81. The monoisotopic (exact) mass is 295 g/mol. The highest BCUT2D eigenvalue weighted by Gasteiger charge is 2.48. The summed E-state index contributed by atoms with van der Waals surface area (Å²) in [5.41, 5.74) is 0. The van der Waals surface area contributed by atoms with Crippen LogP contribution in [0.3, 0.4) is 0 Å². The third-order valence-electron chi connectivity index (χ3n) is 3.52. The second-order valence-corrected chi connectivity index (χ2v) is 5.02. The zero-order valence-corrected chi connectivity index (χ0v) is 11.6. The topological polar surface area (TPSA) is 55.4 Å². The van der Waals surface area contributed by atoms with Crippen molar-refractivity contribution in [2.75, 3.05) is 6.61 Å². The Morgan fingerprint density at radius 1 is 1.30 bits per heavy atom. The Hall–Kier alpha value is -1.27. The lowest BCUT2D eigenvalue weighted by atomic mass is 9.78. The summed E-state index contributed by atoms with van der Waals surface area (Å²) in [6, 6.07) is -0.932. The Balaban J connectivity index is 2.66. The molecular weight excluding hydrogens is 275 g/mol. The van der Waals surface area contributed by atoms with Crippen molar-refractivity contribution in [1.82, 2.24) is 5.32 Å². The van der Waals surface area contributed by atoms with E-state index in [9.17, 15) is 22.8 Å². The highest BCUT2D eigenvalue weighted by Crippen LogP contribution is 2.41. The van der Waals surface area contributed by atoms with Crippen molar-refractivity contribution in [3.8, 4) is 0 Å². The third kappa shape index (κ3) is 4.38. The number of carbonyl (C=O) groups is 2. The number of carbonyl (C=O) groups excluding carboxylic acids is 2. The molecule has 4 nitrogen and oxygen atoms in total. The van der Waals surface area contributed by atoms with Crippen LogP contribution in [0.1, 0.15) is 39.5 Å². The van der Waals surface area contributed by atoms with Gasteiger partial charge in [-0.3, -0.25) is 4.79 Å². The molecule has 1 rings (SSSR count). The van der Waals surface area contributed by atoms with Gasteiger partial charge in [0.15, 0.2) is 0 Å². The van der Waals surface area contributed by atoms with Gasteiger partial charge in [0.25, 0.3) is 0 Å². The summed E-state index contributed by atoms with van der Waals surface area (Å²) >= 11 is 0. The smallest absolute Gasteiger partial charge is 0.392 e. The Labute approximate surface area is 116 Å². The quantitative estimate of drug-likeness (QED) is 0.810. The van der Waals surface area contributed by atoms with Crippen LogP contribution in [0.4, 0.5) is 13.2 Å². The molecule has 0 bridgehead atoms. The molecule has 0 heterocycles. The number of rotatable bonds is 4. The van der Waals surface area contributed by atoms with Crippen molar-refractivity contribution in [1.29, 1.82) is 0 Å². The Kier molecular flexibility index (Phi) is 5.83. The van der Waals surface area contributed by atoms with Gasteiger partial charge in [0.1, 0.15) is 6.04 Å². The summed E-state index contributed by atoms with van der Waals surface area (Å²) in [6.45, 7) is 3.18. The van der Waals surface area contributed by atoms with Crippen LogP contribution in [0, 0.1) is 11.8 Å². The number of ether oxygens (including phenoxy) is 1. The van der Waals surface area contributed by atoms with Gasteiger partial charge in [-0.2, -0.15) is 13.2 Å². The van der Waals surface area contributed by atoms with Crippen LogP contribution in [0.2, 0.25) is 0 Å². The number of hydrogen-bond donors (Lipinski definition) is 1. The first-order chi connectivity index (χ1) is 9.27. The van der Waals surface area contributed by atoms with Gasteiger partial charge >= 0.3 is 12.1 Å². The van der Waals surface area contributed by atoms with E-state index in [1.807, 2.05) is 0 Å². The number of amides is 1. The molecule has 0 aromatic heterocycles. The van der Waals surface area contributed by atoms with E-state index in [1.165, 1.54) is 6.92 Å². The highest BCUT2D eigenvalue weighted by atomic mass is 19.4. The predicted octanol–water partition coefficient (Wildman–Crippen LogP) is 2.42. The third-order valence-corrected chi connectivity index (χ3v) is 3.52. The van der Waals surface area contributed by atoms with Gasteiger partial charge in [-0.15, -0.1) is 0 Å².